The zero-order valence-corrected chi connectivity index (χ0v) is 11.0. The second-order valence-electron chi connectivity index (χ2n) is 4.11. The Morgan fingerprint density at radius 1 is 1.39 bits per heavy atom. The first-order chi connectivity index (χ1) is 8.59. The van der Waals surface area contributed by atoms with Crippen molar-refractivity contribution in [1.29, 1.82) is 0 Å². The first kappa shape index (κ1) is 13.6. The molecule has 1 aliphatic rings. The van der Waals surface area contributed by atoms with Crippen LogP contribution in [0.2, 0.25) is 10.0 Å². The zero-order valence-electron chi connectivity index (χ0n) is 9.53. The van der Waals surface area contributed by atoms with E-state index in [1.165, 1.54) is 0 Å². The van der Waals surface area contributed by atoms with E-state index in [9.17, 15) is 9.90 Å². The minimum absolute atomic E-state index is 0.375. The van der Waals surface area contributed by atoms with Gasteiger partial charge in [-0.1, -0.05) is 29.3 Å². The summed E-state index contributed by atoms with van der Waals surface area (Å²) in [7, 11) is 0. The lowest BCUT2D eigenvalue weighted by Gasteiger charge is -2.22. The molecule has 0 aliphatic carbocycles. The number of benzene rings is 1. The Morgan fingerprint density at radius 3 is 2.83 bits per heavy atom. The van der Waals surface area contributed by atoms with Gasteiger partial charge < -0.3 is 15.2 Å². The van der Waals surface area contributed by atoms with Gasteiger partial charge in [-0.2, -0.15) is 0 Å². The van der Waals surface area contributed by atoms with E-state index in [1.807, 2.05) is 0 Å². The Kier molecular flexibility index (Phi) is 4.45. The third-order valence-electron chi connectivity index (χ3n) is 2.90. The topological polar surface area (TPSA) is 58.6 Å². The fourth-order valence-electron chi connectivity index (χ4n) is 1.97. The number of aliphatic carboxylic acids is 1. The standard InChI is InChI=1S/C12H13Cl2NO3/c13-9-2-1-7(5-10(9)14)11-8(12(16)17)6-15-3-4-18-11/h1-2,5,8,11,15H,3-4,6H2,(H,16,17). The molecule has 1 heterocycles. The second kappa shape index (κ2) is 5.89. The summed E-state index contributed by atoms with van der Waals surface area (Å²) in [5, 5.41) is 13.1. The number of carboxylic acids is 1. The Bertz CT molecular complexity index is 453. The molecule has 1 aliphatic heterocycles. The minimum Gasteiger partial charge on any atom is -0.481 e. The Labute approximate surface area is 115 Å². The summed E-state index contributed by atoms with van der Waals surface area (Å²) >= 11 is 11.8. The molecule has 0 amide bonds. The average Bonchev–Trinajstić information content (AvgIpc) is 2.58. The van der Waals surface area contributed by atoms with Gasteiger partial charge in [-0.05, 0) is 17.7 Å². The maximum Gasteiger partial charge on any atom is 0.310 e. The molecule has 1 aromatic carbocycles. The molecule has 4 nitrogen and oxygen atoms in total. The molecule has 0 radical (unpaired) electrons. The quantitative estimate of drug-likeness (QED) is 0.878. The van der Waals surface area contributed by atoms with Gasteiger partial charge in [-0.15, -0.1) is 0 Å². The van der Waals surface area contributed by atoms with Crippen molar-refractivity contribution in [3.8, 4) is 0 Å². The Hall–Kier alpha value is -0.810. The van der Waals surface area contributed by atoms with Crippen LogP contribution in [0.15, 0.2) is 18.2 Å². The van der Waals surface area contributed by atoms with E-state index in [0.29, 0.717) is 29.7 Å². The van der Waals surface area contributed by atoms with Gasteiger partial charge in [0.2, 0.25) is 0 Å². The lowest BCUT2D eigenvalue weighted by Crippen LogP contribution is -2.30. The highest BCUT2D eigenvalue weighted by molar-refractivity contribution is 6.42. The maximum atomic E-state index is 11.3. The van der Waals surface area contributed by atoms with Gasteiger partial charge >= 0.3 is 5.97 Å². The van der Waals surface area contributed by atoms with Crippen LogP contribution in [0, 0.1) is 5.92 Å². The van der Waals surface area contributed by atoms with E-state index in [2.05, 4.69) is 5.32 Å². The van der Waals surface area contributed by atoms with Crippen LogP contribution in [0.3, 0.4) is 0 Å². The van der Waals surface area contributed by atoms with E-state index in [1.54, 1.807) is 18.2 Å². The predicted molar refractivity (Wildman–Crippen MR) is 69.2 cm³/mol. The molecular weight excluding hydrogens is 277 g/mol. The van der Waals surface area contributed by atoms with Crippen molar-refractivity contribution in [3.63, 3.8) is 0 Å². The summed E-state index contributed by atoms with van der Waals surface area (Å²) < 4.78 is 5.61. The molecule has 2 rings (SSSR count). The van der Waals surface area contributed by atoms with Crippen molar-refractivity contribution in [1.82, 2.24) is 5.32 Å². The number of rotatable bonds is 2. The van der Waals surface area contributed by atoms with Crippen molar-refractivity contribution >= 4 is 29.2 Å². The van der Waals surface area contributed by atoms with Crippen LogP contribution in [0.25, 0.3) is 0 Å². The van der Waals surface area contributed by atoms with Crippen molar-refractivity contribution < 1.29 is 14.6 Å². The fraction of sp³-hybridized carbons (Fsp3) is 0.417. The van der Waals surface area contributed by atoms with E-state index in [-0.39, 0.29) is 0 Å². The third-order valence-corrected chi connectivity index (χ3v) is 3.63. The zero-order chi connectivity index (χ0) is 13.1. The SMILES string of the molecule is O=C(O)C1CNCCOC1c1ccc(Cl)c(Cl)c1. The molecule has 1 aromatic rings. The first-order valence-corrected chi connectivity index (χ1v) is 6.35. The number of halogens is 2. The van der Waals surface area contributed by atoms with Crippen LogP contribution in [0.4, 0.5) is 0 Å². The van der Waals surface area contributed by atoms with Gasteiger partial charge in [-0.3, -0.25) is 4.79 Å². The monoisotopic (exact) mass is 289 g/mol. The molecule has 0 bridgehead atoms. The Morgan fingerprint density at radius 2 is 2.17 bits per heavy atom. The molecule has 0 spiro atoms. The highest BCUT2D eigenvalue weighted by atomic mass is 35.5. The summed E-state index contributed by atoms with van der Waals surface area (Å²) in [5.74, 6) is -1.52. The second-order valence-corrected chi connectivity index (χ2v) is 4.93. The molecule has 0 saturated carbocycles. The van der Waals surface area contributed by atoms with Crippen LogP contribution >= 0.6 is 23.2 Å². The van der Waals surface area contributed by atoms with Gasteiger partial charge in [-0.25, -0.2) is 0 Å². The summed E-state index contributed by atoms with van der Waals surface area (Å²) in [5.41, 5.74) is 0.737. The van der Waals surface area contributed by atoms with E-state index >= 15 is 0 Å². The number of hydrogen-bond donors (Lipinski definition) is 2. The third kappa shape index (κ3) is 2.95. The lowest BCUT2D eigenvalue weighted by atomic mass is 9.95. The summed E-state index contributed by atoms with van der Waals surface area (Å²) in [6.07, 6.45) is -0.507. The molecule has 6 heteroatoms. The Balaban J connectivity index is 2.31. The summed E-state index contributed by atoms with van der Waals surface area (Å²) in [6.45, 7) is 1.48. The average molecular weight is 290 g/mol. The number of carbonyl (C=O) groups is 1. The smallest absolute Gasteiger partial charge is 0.310 e. The number of carboxylic acid groups (broad SMARTS) is 1. The maximum absolute atomic E-state index is 11.3. The summed E-state index contributed by atoms with van der Waals surface area (Å²) in [4.78, 5) is 11.3. The summed E-state index contributed by atoms with van der Waals surface area (Å²) in [6, 6.07) is 5.07. The van der Waals surface area contributed by atoms with Gasteiger partial charge in [0, 0.05) is 13.1 Å². The molecule has 1 saturated heterocycles. The molecular formula is C12H13Cl2NO3. The molecule has 98 valence electrons. The van der Waals surface area contributed by atoms with Crippen molar-refractivity contribution in [2.75, 3.05) is 19.7 Å². The van der Waals surface area contributed by atoms with Crippen LogP contribution < -0.4 is 5.32 Å². The van der Waals surface area contributed by atoms with Crippen LogP contribution in [0.5, 0.6) is 0 Å². The number of nitrogens with one attached hydrogen (secondary N) is 1. The van der Waals surface area contributed by atoms with Gasteiger partial charge in [0.15, 0.2) is 0 Å². The molecule has 2 atom stereocenters. The minimum atomic E-state index is -0.888. The highest BCUT2D eigenvalue weighted by Crippen LogP contribution is 2.32. The van der Waals surface area contributed by atoms with Crippen molar-refractivity contribution in [3.05, 3.63) is 33.8 Å². The van der Waals surface area contributed by atoms with E-state index < -0.39 is 18.0 Å². The molecule has 2 N–H and O–H groups in total. The van der Waals surface area contributed by atoms with E-state index in [0.717, 1.165) is 5.56 Å². The fourth-order valence-corrected chi connectivity index (χ4v) is 2.28. The van der Waals surface area contributed by atoms with Gasteiger partial charge in [0.1, 0.15) is 0 Å². The largest absolute Gasteiger partial charge is 0.481 e. The van der Waals surface area contributed by atoms with Crippen molar-refractivity contribution in [2.45, 2.75) is 6.10 Å². The number of hydrogen-bond acceptors (Lipinski definition) is 3. The predicted octanol–water partition coefficient (Wildman–Crippen LogP) is 2.36. The molecule has 18 heavy (non-hydrogen) atoms. The highest BCUT2D eigenvalue weighted by Gasteiger charge is 2.32. The van der Waals surface area contributed by atoms with Crippen LogP contribution in [0.1, 0.15) is 11.7 Å². The molecule has 2 unspecified atom stereocenters. The molecule has 0 aromatic heterocycles. The first-order valence-electron chi connectivity index (χ1n) is 5.59. The van der Waals surface area contributed by atoms with Crippen LogP contribution in [-0.4, -0.2) is 30.8 Å². The lowest BCUT2D eigenvalue weighted by molar-refractivity contribution is -0.146. The van der Waals surface area contributed by atoms with Gasteiger partial charge in [0.25, 0.3) is 0 Å². The van der Waals surface area contributed by atoms with E-state index in [4.69, 9.17) is 27.9 Å². The van der Waals surface area contributed by atoms with Crippen molar-refractivity contribution in [2.24, 2.45) is 5.92 Å². The number of ether oxygens (including phenoxy) is 1. The van der Waals surface area contributed by atoms with Gasteiger partial charge in [0.05, 0.1) is 28.7 Å². The van der Waals surface area contributed by atoms with Crippen LogP contribution in [-0.2, 0) is 9.53 Å². The molecule has 1 fully saturated rings. The normalized spacial score (nSPS) is 24.6.